The van der Waals surface area contributed by atoms with Crippen LogP contribution in [0.15, 0.2) is 10.6 Å². The molecule has 2 fully saturated rings. The van der Waals surface area contributed by atoms with Crippen LogP contribution in [0.5, 0.6) is 0 Å². The molecule has 112 valence electrons. The molecule has 4 nitrogen and oxygen atoms in total. The van der Waals surface area contributed by atoms with Crippen molar-refractivity contribution in [3.8, 4) is 0 Å². The SMILES string of the molecule is CC(C)(C)c1cnc(CN2CCCC2C2CCCN2)o1. The van der Waals surface area contributed by atoms with Gasteiger partial charge in [0.25, 0.3) is 0 Å². The third-order valence-corrected chi connectivity index (χ3v) is 4.61. The van der Waals surface area contributed by atoms with Crippen LogP contribution in [0, 0.1) is 0 Å². The number of hydrogen-bond acceptors (Lipinski definition) is 4. The van der Waals surface area contributed by atoms with Crippen LogP contribution in [0.2, 0.25) is 0 Å². The molecule has 3 heterocycles. The fourth-order valence-corrected chi connectivity index (χ4v) is 3.45. The summed E-state index contributed by atoms with van der Waals surface area (Å²) in [5.41, 5.74) is 0.0443. The maximum absolute atomic E-state index is 5.95. The summed E-state index contributed by atoms with van der Waals surface area (Å²) in [7, 11) is 0. The molecule has 0 aliphatic carbocycles. The van der Waals surface area contributed by atoms with Gasteiger partial charge < -0.3 is 9.73 Å². The highest BCUT2D eigenvalue weighted by Gasteiger charge is 2.34. The van der Waals surface area contributed by atoms with Crippen molar-refractivity contribution in [1.82, 2.24) is 15.2 Å². The zero-order valence-corrected chi connectivity index (χ0v) is 13.0. The van der Waals surface area contributed by atoms with Crippen LogP contribution in [-0.4, -0.2) is 35.1 Å². The highest BCUT2D eigenvalue weighted by atomic mass is 16.4. The molecule has 1 N–H and O–H groups in total. The molecule has 2 aliphatic rings. The normalized spacial score (nSPS) is 28.4. The molecular formula is C16H27N3O. The molecule has 1 aromatic heterocycles. The third kappa shape index (κ3) is 2.91. The van der Waals surface area contributed by atoms with Crippen LogP contribution in [0.4, 0.5) is 0 Å². The van der Waals surface area contributed by atoms with Gasteiger partial charge >= 0.3 is 0 Å². The number of oxazole rings is 1. The molecule has 2 unspecified atom stereocenters. The quantitative estimate of drug-likeness (QED) is 0.922. The number of hydrogen-bond donors (Lipinski definition) is 1. The van der Waals surface area contributed by atoms with Gasteiger partial charge in [-0.15, -0.1) is 0 Å². The van der Waals surface area contributed by atoms with Gasteiger partial charge in [-0.2, -0.15) is 0 Å². The van der Waals surface area contributed by atoms with Gasteiger partial charge in [-0.3, -0.25) is 4.90 Å². The van der Waals surface area contributed by atoms with E-state index in [-0.39, 0.29) is 5.41 Å². The highest BCUT2D eigenvalue weighted by Crippen LogP contribution is 2.28. The van der Waals surface area contributed by atoms with Crippen LogP contribution in [0.25, 0.3) is 0 Å². The van der Waals surface area contributed by atoms with Gasteiger partial charge in [0.15, 0.2) is 0 Å². The Kier molecular flexibility index (Phi) is 3.87. The smallest absolute Gasteiger partial charge is 0.208 e. The van der Waals surface area contributed by atoms with Gasteiger partial charge in [-0.05, 0) is 38.8 Å². The summed E-state index contributed by atoms with van der Waals surface area (Å²) < 4.78 is 5.95. The lowest BCUT2D eigenvalue weighted by molar-refractivity contribution is 0.186. The number of rotatable bonds is 3. The predicted octanol–water partition coefficient (Wildman–Crippen LogP) is 2.69. The Morgan fingerprint density at radius 3 is 2.85 bits per heavy atom. The van der Waals surface area contributed by atoms with Crippen LogP contribution in [0.3, 0.4) is 0 Å². The predicted molar refractivity (Wildman–Crippen MR) is 79.7 cm³/mol. The van der Waals surface area contributed by atoms with Crippen molar-refractivity contribution >= 4 is 0 Å². The molecule has 0 amide bonds. The Morgan fingerprint density at radius 2 is 2.20 bits per heavy atom. The number of aromatic nitrogens is 1. The molecule has 2 atom stereocenters. The van der Waals surface area contributed by atoms with Crippen molar-refractivity contribution in [3.63, 3.8) is 0 Å². The van der Waals surface area contributed by atoms with Gasteiger partial charge in [0.2, 0.25) is 5.89 Å². The van der Waals surface area contributed by atoms with E-state index < -0.39 is 0 Å². The van der Waals surface area contributed by atoms with E-state index in [0.717, 1.165) is 18.2 Å². The summed E-state index contributed by atoms with van der Waals surface area (Å²) in [6.45, 7) is 9.71. The highest BCUT2D eigenvalue weighted by molar-refractivity contribution is 5.06. The van der Waals surface area contributed by atoms with Gasteiger partial charge in [0.1, 0.15) is 5.76 Å². The van der Waals surface area contributed by atoms with Gasteiger partial charge in [-0.1, -0.05) is 20.8 Å². The fourth-order valence-electron chi connectivity index (χ4n) is 3.45. The topological polar surface area (TPSA) is 41.3 Å². The third-order valence-electron chi connectivity index (χ3n) is 4.61. The standard InChI is InChI=1S/C16H27N3O/c1-16(2,3)14-10-18-15(20-14)11-19-9-5-7-13(19)12-6-4-8-17-12/h10,12-13,17H,4-9,11H2,1-3H3. The average molecular weight is 277 g/mol. The molecule has 20 heavy (non-hydrogen) atoms. The first-order chi connectivity index (χ1) is 9.54. The summed E-state index contributed by atoms with van der Waals surface area (Å²) in [5, 5.41) is 3.65. The van der Waals surface area contributed by atoms with E-state index in [1.807, 2.05) is 6.20 Å². The summed E-state index contributed by atoms with van der Waals surface area (Å²) in [6.07, 6.45) is 7.15. The lowest BCUT2D eigenvalue weighted by atomic mass is 9.94. The first kappa shape index (κ1) is 14.1. The van der Waals surface area contributed by atoms with E-state index in [0.29, 0.717) is 12.1 Å². The molecule has 4 heteroatoms. The fraction of sp³-hybridized carbons (Fsp3) is 0.812. The molecule has 1 aromatic rings. The Balaban J connectivity index is 1.65. The van der Waals surface area contributed by atoms with Gasteiger partial charge in [0, 0.05) is 17.5 Å². The Morgan fingerprint density at radius 1 is 1.35 bits per heavy atom. The molecule has 0 aromatic carbocycles. The van der Waals surface area contributed by atoms with Crippen LogP contribution < -0.4 is 5.32 Å². The van der Waals surface area contributed by atoms with Crippen molar-refractivity contribution in [2.45, 2.75) is 70.5 Å². The average Bonchev–Trinajstić information content (AvgIpc) is 3.08. The van der Waals surface area contributed by atoms with E-state index in [4.69, 9.17) is 4.42 Å². The second kappa shape index (κ2) is 5.49. The van der Waals surface area contributed by atoms with E-state index in [1.165, 1.54) is 38.8 Å². The maximum atomic E-state index is 5.95. The van der Waals surface area contributed by atoms with Crippen LogP contribution in [0.1, 0.15) is 58.1 Å². The van der Waals surface area contributed by atoms with Crippen molar-refractivity contribution in [2.24, 2.45) is 0 Å². The lowest BCUT2D eigenvalue weighted by Gasteiger charge is -2.28. The zero-order valence-electron chi connectivity index (χ0n) is 13.0. The molecule has 2 aliphatic heterocycles. The first-order valence-electron chi connectivity index (χ1n) is 7.96. The largest absolute Gasteiger partial charge is 0.444 e. The second-order valence-electron chi connectivity index (χ2n) is 7.25. The monoisotopic (exact) mass is 277 g/mol. The Bertz CT molecular complexity index is 443. The van der Waals surface area contributed by atoms with Crippen molar-refractivity contribution < 1.29 is 4.42 Å². The van der Waals surface area contributed by atoms with Gasteiger partial charge in [-0.25, -0.2) is 4.98 Å². The Labute approximate surface area is 121 Å². The molecule has 0 saturated carbocycles. The molecule has 2 saturated heterocycles. The maximum Gasteiger partial charge on any atom is 0.208 e. The van der Waals surface area contributed by atoms with Crippen molar-refractivity contribution in [3.05, 3.63) is 17.8 Å². The number of nitrogens with zero attached hydrogens (tertiary/aromatic N) is 2. The zero-order chi connectivity index (χ0) is 14.2. The minimum atomic E-state index is 0.0443. The molecule has 0 bridgehead atoms. The van der Waals surface area contributed by atoms with Crippen molar-refractivity contribution in [2.75, 3.05) is 13.1 Å². The number of nitrogens with one attached hydrogen (secondary N) is 1. The van der Waals surface area contributed by atoms with E-state index in [2.05, 4.69) is 36.0 Å². The van der Waals surface area contributed by atoms with Crippen LogP contribution >= 0.6 is 0 Å². The summed E-state index contributed by atoms with van der Waals surface area (Å²) >= 11 is 0. The van der Waals surface area contributed by atoms with Gasteiger partial charge in [0.05, 0.1) is 12.7 Å². The molecule has 0 spiro atoms. The molecule has 3 rings (SSSR count). The number of likely N-dealkylation sites (tertiary alicyclic amines) is 1. The summed E-state index contributed by atoms with van der Waals surface area (Å²) in [5.74, 6) is 1.86. The Hall–Kier alpha value is -0.870. The molecular weight excluding hydrogens is 250 g/mol. The van der Waals surface area contributed by atoms with Crippen molar-refractivity contribution in [1.29, 1.82) is 0 Å². The minimum absolute atomic E-state index is 0.0443. The van der Waals surface area contributed by atoms with E-state index >= 15 is 0 Å². The summed E-state index contributed by atoms with van der Waals surface area (Å²) in [4.78, 5) is 7.04. The van der Waals surface area contributed by atoms with E-state index in [9.17, 15) is 0 Å². The molecule has 0 radical (unpaired) electrons. The lowest BCUT2D eigenvalue weighted by Crippen LogP contribution is -2.43. The van der Waals surface area contributed by atoms with E-state index in [1.54, 1.807) is 0 Å². The second-order valence-corrected chi connectivity index (χ2v) is 7.25. The van der Waals surface area contributed by atoms with Crippen LogP contribution in [-0.2, 0) is 12.0 Å². The summed E-state index contributed by atoms with van der Waals surface area (Å²) in [6, 6.07) is 1.34. The minimum Gasteiger partial charge on any atom is -0.444 e. The first-order valence-corrected chi connectivity index (χ1v) is 7.96.